The minimum Gasteiger partial charge on any atom is -0.378 e. The van der Waals surface area contributed by atoms with E-state index in [1.807, 2.05) is 40.3 Å². The van der Waals surface area contributed by atoms with Gasteiger partial charge in [-0.1, -0.05) is 60.7 Å². The summed E-state index contributed by atoms with van der Waals surface area (Å²) in [6.07, 6.45) is 12.4. The van der Waals surface area contributed by atoms with Crippen molar-refractivity contribution in [2.45, 2.75) is 0 Å². The highest BCUT2D eigenvalue weighted by Gasteiger charge is 1.93. The van der Waals surface area contributed by atoms with Gasteiger partial charge in [0, 0.05) is 39.6 Å². The Bertz CT molecular complexity index is 639. The Morgan fingerprint density at radius 3 is 1.12 bits per heavy atom. The molecular formula is C22H26N2. The molecule has 0 N–H and O–H groups in total. The van der Waals surface area contributed by atoms with Crippen LogP contribution in [0.1, 0.15) is 11.1 Å². The quantitative estimate of drug-likeness (QED) is 0.684. The van der Waals surface area contributed by atoms with E-state index < -0.39 is 0 Å². The van der Waals surface area contributed by atoms with Gasteiger partial charge in [0.1, 0.15) is 0 Å². The Balaban J connectivity index is 1.87. The lowest BCUT2D eigenvalue weighted by Crippen LogP contribution is -2.07. The highest BCUT2D eigenvalue weighted by Crippen LogP contribution is 2.14. The number of anilines is 2. The molecule has 0 aliphatic carbocycles. The van der Waals surface area contributed by atoms with Crippen LogP contribution >= 0.6 is 0 Å². The van der Waals surface area contributed by atoms with Crippen LogP contribution in [0.25, 0.3) is 12.2 Å². The number of benzene rings is 2. The minimum absolute atomic E-state index is 1.20. The molecule has 24 heavy (non-hydrogen) atoms. The van der Waals surface area contributed by atoms with Gasteiger partial charge in [0.15, 0.2) is 0 Å². The first-order chi connectivity index (χ1) is 11.6. The lowest BCUT2D eigenvalue weighted by molar-refractivity contribution is 1.13. The molecule has 0 saturated heterocycles. The monoisotopic (exact) mass is 318 g/mol. The fraction of sp³-hybridized carbons (Fsp3) is 0.182. The minimum atomic E-state index is 1.20. The van der Waals surface area contributed by atoms with Crippen molar-refractivity contribution in [3.63, 3.8) is 0 Å². The molecule has 0 radical (unpaired) electrons. The van der Waals surface area contributed by atoms with Gasteiger partial charge in [-0.05, 0) is 35.4 Å². The van der Waals surface area contributed by atoms with Gasteiger partial charge in [0.2, 0.25) is 0 Å². The van der Waals surface area contributed by atoms with Crippen molar-refractivity contribution in [1.82, 2.24) is 0 Å². The van der Waals surface area contributed by atoms with Crippen molar-refractivity contribution in [2.24, 2.45) is 0 Å². The summed E-state index contributed by atoms with van der Waals surface area (Å²) < 4.78 is 0. The first-order valence-corrected chi connectivity index (χ1v) is 8.12. The number of nitrogens with zero attached hydrogens (tertiary/aromatic N) is 2. The van der Waals surface area contributed by atoms with Gasteiger partial charge in [-0.15, -0.1) is 0 Å². The van der Waals surface area contributed by atoms with Crippen molar-refractivity contribution in [3.05, 3.63) is 84.0 Å². The van der Waals surface area contributed by atoms with Crippen molar-refractivity contribution in [3.8, 4) is 0 Å². The van der Waals surface area contributed by atoms with Crippen LogP contribution in [-0.2, 0) is 0 Å². The summed E-state index contributed by atoms with van der Waals surface area (Å²) in [7, 11) is 8.20. The van der Waals surface area contributed by atoms with Crippen LogP contribution in [0.3, 0.4) is 0 Å². The molecular weight excluding hydrogens is 292 g/mol. The zero-order valence-corrected chi connectivity index (χ0v) is 15.0. The average Bonchev–Trinajstić information content (AvgIpc) is 2.58. The van der Waals surface area contributed by atoms with E-state index in [2.05, 4.69) is 82.6 Å². The van der Waals surface area contributed by atoms with E-state index in [-0.39, 0.29) is 0 Å². The van der Waals surface area contributed by atoms with Crippen molar-refractivity contribution in [1.29, 1.82) is 0 Å². The normalized spacial score (nSPS) is 11.7. The third-order valence-corrected chi connectivity index (χ3v) is 3.73. The molecule has 0 unspecified atom stereocenters. The lowest BCUT2D eigenvalue weighted by Gasteiger charge is -2.11. The smallest absolute Gasteiger partial charge is 0.0361 e. The fourth-order valence-electron chi connectivity index (χ4n) is 2.23. The predicted molar refractivity (Wildman–Crippen MR) is 109 cm³/mol. The topological polar surface area (TPSA) is 6.48 Å². The number of allylic oxidation sites excluding steroid dienone is 4. The molecule has 2 heteroatoms. The highest BCUT2D eigenvalue weighted by molar-refractivity contribution is 5.58. The zero-order chi connectivity index (χ0) is 17.4. The van der Waals surface area contributed by atoms with Crippen LogP contribution < -0.4 is 9.80 Å². The van der Waals surface area contributed by atoms with Crippen LogP contribution in [0.2, 0.25) is 0 Å². The molecule has 0 fully saturated rings. The van der Waals surface area contributed by atoms with Gasteiger partial charge >= 0.3 is 0 Å². The predicted octanol–water partition coefficient (Wildman–Crippen LogP) is 5.10. The standard InChI is InChI=1S/C22H26N2/c1-23(2)21-15-11-19(12-16-21)9-7-5-6-8-10-20-13-17-22(18-14-20)24(3)4/h5-18H,1-4H3. The molecule has 0 spiro atoms. The molecule has 124 valence electrons. The first kappa shape index (κ1) is 17.6. The van der Waals surface area contributed by atoms with E-state index in [4.69, 9.17) is 0 Å². The van der Waals surface area contributed by atoms with Crippen LogP contribution in [0.4, 0.5) is 11.4 Å². The molecule has 2 nitrogen and oxygen atoms in total. The summed E-state index contributed by atoms with van der Waals surface area (Å²) in [6.45, 7) is 0. The first-order valence-electron chi connectivity index (χ1n) is 8.12. The lowest BCUT2D eigenvalue weighted by atomic mass is 10.1. The van der Waals surface area contributed by atoms with E-state index in [0.29, 0.717) is 0 Å². The van der Waals surface area contributed by atoms with E-state index in [0.717, 1.165) is 0 Å². The summed E-state index contributed by atoms with van der Waals surface area (Å²) in [4.78, 5) is 4.20. The molecule has 0 aromatic heterocycles. The summed E-state index contributed by atoms with van der Waals surface area (Å²) in [5.74, 6) is 0. The Morgan fingerprint density at radius 2 is 0.833 bits per heavy atom. The summed E-state index contributed by atoms with van der Waals surface area (Å²) in [6, 6.07) is 17.0. The van der Waals surface area contributed by atoms with E-state index in [1.54, 1.807) is 0 Å². The summed E-state index contributed by atoms with van der Waals surface area (Å²) in [5, 5.41) is 0. The second-order valence-corrected chi connectivity index (χ2v) is 6.08. The van der Waals surface area contributed by atoms with Crippen molar-refractivity contribution < 1.29 is 0 Å². The molecule has 0 aliphatic heterocycles. The number of rotatable bonds is 6. The van der Waals surface area contributed by atoms with Crippen LogP contribution in [-0.4, -0.2) is 28.2 Å². The molecule has 0 saturated carbocycles. The summed E-state index contributed by atoms with van der Waals surface area (Å²) >= 11 is 0. The average molecular weight is 318 g/mol. The molecule has 2 aromatic carbocycles. The van der Waals surface area contributed by atoms with Crippen LogP contribution in [0, 0.1) is 0 Å². The maximum absolute atomic E-state index is 2.13. The largest absolute Gasteiger partial charge is 0.378 e. The SMILES string of the molecule is CN(C)c1ccc(C=CC=CC=Cc2ccc(N(C)C)cc2)cc1. The third-order valence-electron chi connectivity index (χ3n) is 3.73. The number of hydrogen-bond donors (Lipinski definition) is 0. The van der Waals surface area contributed by atoms with Gasteiger partial charge in [0.05, 0.1) is 0 Å². The van der Waals surface area contributed by atoms with E-state index >= 15 is 0 Å². The van der Waals surface area contributed by atoms with Gasteiger partial charge in [-0.2, -0.15) is 0 Å². The van der Waals surface area contributed by atoms with E-state index in [1.165, 1.54) is 22.5 Å². The van der Waals surface area contributed by atoms with Gasteiger partial charge in [-0.3, -0.25) is 0 Å². The van der Waals surface area contributed by atoms with E-state index in [9.17, 15) is 0 Å². The Kier molecular flexibility index (Phi) is 6.44. The molecule has 2 rings (SSSR count). The second kappa shape index (κ2) is 8.78. The number of hydrogen-bond acceptors (Lipinski definition) is 2. The molecule has 0 heterocycles. The van der Waals surface area contributed by atoms with Gasteiger partial charge in [0.25, 0.3) is 0 Å². The molecule has 0 aliphatic rings. The summed E-state index contributed by atoms with van der Waals surface area (Å²) in [5.41, 5.74) is 4.83. The molecule has 2 aromatic rings. The zero-order valence-electron chi connectivity index (χ0n) is 15.0. The third kappa shape index (κ3) is 5.47. The Labute approximate surface area is 146 Å². The second-order valence-electron chi connectivity index (χ2n) is 6.08. The van der Waals surface area contributed by atoms with Crippen molar-refractivity contribution in [2.75, 3.05) is 38.0 Å². The Morgan fingerprint density at radius 1 is 0.500 bits per heavy atom. The molecule has 0 amide bonds. The van der Waals surface area contributed by atoms with Crippen LogP contribution in [0.5, 0.6) is 0 Å². The highest BCUT2D eigenvalue weighted by atomic mass is 15.1. The van der Waals surface area contributed by atoms with Gasteiger partial charge < -0.3 is 9.80 Å². The Hall–Kier alpha value is -2.74. The van der Waals surface area contributed by atoms with Gasteiger partial charge in [-0.25, -0.2) is 0 Å². The molecule has 0 bridgehead atoms. The van der Waals surface area contributed by atoms with Crippen molar-refractivity contribution >= 4 is 23.5 Å². The molecule has 0 atom stereocenters. The maximum Gasteiger partial charge on any atom is 0.0361 e. The maximum atomic E-state index is 2.13. The fourth-order valence-corrected chi connectivity index (χ4v) is 2.23. The van der Waals surface area contributed by atoms with Crippen LogP contribution in [0.15, 0.2) is 72.8 Å².